The molecule has 0 aromatic heterocycles. The number of nitrogens with two attached hydrogens (primary N) is 1. The SMILES string of the molecule is NCCN(O)CCCC(=O)O. The molecule has 0 bridgehead atoms. The number of aliphatic carboxylic acids is 1. The van der Waals surface area contributed by atoms with Gasteiger partial charge in [-0.25, -0.2) is 0 Å². The molecule has 66 valence electrons. The lowest BCUT2D eigenvalue weighted by molar-refractivity contribution is -0.138. The largest absolute Gasteiger partial charge is 0.481 e. The van der Waals surface area contributed by atoms with Crippen molar-refractivity contribution < 1.29 is 15.1 Å². The number of carbonyl (C=O) groups is 1. The fourth-order valence-electron chi connectivity index (χ4n) is 0.674. The molecular formula is C6H14N2O3. The first-order valence-corrected chi connectivity index (χ1v) is 3.52. The van der Waals surface area contributed by atoms with E-state index in [0.29, 0.717) is 26.1 Å². The Morgan fingerprint density at radius 2 is 2.09 bits per heavy atom. The van der Waals surface area contributed by atoms with Crippen LogP contribution in [0.4, 0.5) is 0 Å². The van der Waals surface area contributed by atoms with E-state index in [2.05, 4.69) is 0 Å². The number of nitrogens with zero attached hydrogens (tertiary/aromatic N) is 1. The van der Waals surface area contributed by atoms with E-state index in [4.69, 9.17) is 16.0 Å². The molecule has 0 saturated carbocycles. The van der Waals surface area contributed by atoms with Crippen LogP contribution in [0.25, 0.3) is 0 Å². The van der Waals surface area contributed by atoms with Crippen LogP contribution in [0, 0.1) is 0 Å². The number of hydrogen-bond acceptors (Lipinski definition) is 4. The Balaban J connectivity index is 3.16. The minimum atomic E-state index is -0.842. The molecule has 0 aliphatic carbocycles. The Morgan fingerprint density at radius 3 is 2.55 bits per heavy atom. The summed E-state index contributed by atoms with van der Waals surface area (Å²) in [6, 6.07) is 0. The summed E-state index contributed by atoms with van der Waals surface area (Å²) in [6.07, 6.45) is 0.535. The Kier molecular flexibility index (Phi) is 5.73. The molecule has 0 atom stereocenters. The molecule has 0 radical (unpaired) electrons. The fourth-order valence-corrected chi connectivity index (χ4v) is 0.674. The first-order chi connectivity index (χ1) is 5.16. The van der Waals surface area contributed by atoms with Gasteiger partial charge in [0.1, 0.15) is 0 Å². The molecular weight excluding hydrogens is 148 g/mol. The highest BCUT2D eigenvalue weighted by Crippen LogP contribution is 1.91. The van der Waals surface area contributed by atoms with Crippen LogP contribution in [0.5, 0.6) is 0 Å². The van der Waals surface area contributed by atoms with Gasteiger partial charge >= 0.3 is 5.97 Å². The summed E-state index contributed by atoms with van der Waals surface area (Å²) in [7, 11) is 0. The summed E-state index contributed by atoms with van der Waals surface area (Å²) in [5.41, 5.74) is 5.14. The molecule has 0 saturated heterocycles. The second kappa shape index (κ2) is 6.09. The van der Waals surface area contributed by atoms with Gasteiger partial charge in [0.2, 0.25) is 0 Å². The maximum atomic E-state index is 10.0. The number of carboxylic acids is 1. The lowest BCUT2D eigenvalue weighted by Crippen LogP contribution is -2.27. The van der Waals surface area contributed by atoms with Crippen molar-refractivity contribution in [1.29, 1.82) is 0 Å². The summed E-state index contributed by atoms with van der Waals surface area (Å²) in [5, 5.41) is 18.2. The molecule has 0 aromatic carbocycles. The molecule has 5 nitrogen and oxygen atoms in total. The van der Waals surface area contributed by atoms with Gasteiger partial charge in [-0.1, -0.05) is 0 Å². The van der Waals surface area contributed by atoms with Gasteiger partial charge in [0, 0.05) is 26.1 Å². The molecule has 0 amide bonds. The molecule has 0 fully saturated rings. The quantitative estimate of drug-likeness (QED) is 0.458. The smallest absolute Gasteiger partial charge is 0.303 e. The van der Waals surface area contributed by atoms with Crippen LogP contribution in [0.15, 0.2) is 0 Å². The highest BCUT2D eigenvalue weighted by Gasteiger charge is 2.00. The zero-order valence-electron chi connectivity index (χ0n) is 6.36. The molecule has 0 aromatic rings. The van der Waals surface area contributed by atoms with E-state index in [1.807, 2.05) is 0 Å². The first-order valence-electron chi connectivity index (χ1n) is 3.52. The van der Waals surface area contributed by atoms with Crippen LogP contribution in [-0.2, 0) is 4.79 Å². The van der Waals surface area contributed by atoms with Crippen LogP contribution in [0.2, 0.25) is 0 Å². The fraction of sp³-hybridized carbons (Fsp3) is 0.833. The minimum Gasteiger partial charge on any atom is -0.481 e. The van der Waals surface area contributed by atoms with E-state index < -0.39 is 5.97 Å². The Bertz CT molecular complexity index is 118. The second-order valence-electron chi connectivity index (χ2n) is 2.24. The zero-order valence-corrected chi connectivity index (χ0v) is 6.36. The molecule has 4 N–H and O–H groups in total. The van der Waals surface area contributed by atoms with Crippen molar-refractivity contribution in [2.24, 2.45) is 5.73 Å². The third-order valence-corrected chi connectivity index (χ3v) is 1.19. The molecule has 0 heterocycles. The van der Waals surface area contributed by atoms with Gasteiger partial charge in [-0.05, 0) is 6.42 Å². The molecule has 0 unspecified atom stereocenters. The van der Waals surface area contributed by atoms with Gasteiger partial charge in [0.15, 0.2) is 0 Å². The monoisotopic (exact) mass is 162 g/mol. The van der Waals surface area contributed by atoms with E-state index in [9.17, 15) is 4.79 Å². The van der Waals surface area contributed by atoms with E-state index in [0.717, 1.165) is 5.06 Å². The van der Waals surface area contributed by atoms with Gasteiger partial charge in [0.25, 0.3) is 0 Å². The Labute approximate surface area is 65.4 Å². The Hall–Kier alpha value is -0.650. The lowest BCUT2D eigenvalue weighted by atomic mass is 10.3. The second-order valence-corrected chi connectivity index (χ2v) is 2.24. The van der Waals surface area contributed by atoms with E-state index in [1.165, 1.54) is 0 Å². The van der Waals surface area contributed by atoms with Crippen LogP contribution in [0.3, 0.4) is 0 Å². The highest BCUT2D eigenvalue weighted by molar-refractivity contribution is 5.66. The van der Waals surface area contributed by atoms with E-state index >= 15 is 0 Å². The first kappa shape index (κ1) is 10.3. The Morgan fingerprint density at radius 1 is 1.45 bits per heavy atom. The zero-order chi connectivity index (χ0) is 8.69. The number of rotatable bonds is 6. The summed E-state index contributed by atoms with van der Waals surface area (Å²) >= 11 is 0. The maximum absolute atomic E-state index is 10.0. The van der Waals surface area contributed by atoms with Crippen molar-refractivity contribution in [2.45, 2.75) is 12.8 Å². The van der Waals surface area contributed by atoms with Crippen LogP contribution in [0.1, 0.15) is 12.8 Å². The predicted octanol–water partition coefficient (Wildman–Crippen LogP) is -0.499. The summed E-state index contributed by atoms with van der Waals surface area (Å²) in [6.45, 7) is 1.13. The molecule has 0 spiro atoms. The van der Waals surface area contributed by atoms with Crippen LogP contribution < -0.4 is 5.73 Å². The van der Waals surface area contributed by atoms with E-state index in [-0.39, 0.29) is 6.42 Å². The third kappa shape index (κ3) is 7.24. The van der Waals surface area contributed by atoms with Gasteiger partial charge < -0.3 is 16.0 Å². The lowest BCUT2D eigenvalue weighted by Gasteiger charge is -2.11. The van der Waals surface area contributed by atoms with Gasteiger partial charge in [-0.2, -0.15) is 5.06 Å². The molecule has 11 heavy (non-hydrogen) atoms. The average Bonchev–Trinajstić information content (AvgIpc) is 1.87. The van der Waals surface area contributed by atoms with Gasteiger partial charge in [-0.15, -0.1) is 0 Å². The van der Waals surface area contributed by atoms with Gasteiger partial charge in [-0.3, -0.25) is 4.79 Å². The molecule has 0 aliphatic rings. The normalized spacial score (nSPS) is 10.5. The molecule has 0 rings (SSSR count). The van der Waals surface area contributed by atoms with Crippen LogP contribution >= 0.6 is 0 Å². The summed E-state index contributed by atoms with van der Waals surface area (Å²) < 4.78 is 0. The minimum absolute atomic E-state index is 0.0850. The molecule has 0 aliphatic heterocycles. The van der Waals surface area contributed by atoms with Crippen molar-refractivity contribution in [3.63, 3.8) is 0 Å². The van der Waals surface area contributed by atoms with Crippen molar-refractivity contribution >= 4 is 5.97 Å². The number of carboxylic acid groups (broad SMARTS) is 1. The van der Waals surface area contributed by atoms with Crippen molar-refractivity contribution in [2.75, 3.05) is 19.6 Å². The topological polar surface area (TPSA) is 86.8 Å². The average molecular weight is 162 g/mol. The van der Waals surface area contributed by atoms with Crippen molar-refractivity contribution in [3.05, 3.63) is 0 Å². The van der Waals surface area contributed by atoms with Crippen LogP contribution in [-0.4, -0.2) is 41.0 Å². The standard InChI is InChI=1S/C6H14N2O3/c7-3-5-8(11)4-1-2-6(9)10/h11H,1-5,7H2,(H,9,10). The summed E-state index contributed by atoms with van der Waals surface area (Å²) in [4.78, 5) is 10.0. The van der Waals surface area contributed by atoms with Gasteiger partial charge in [0.05, 0.1) is 0 Å². The highest BCUT2D eigenvalue weighted by atomic mass is 16.5. The molecule has 5 heteroatoms. The number of hydrogen-bond donors (Lipinski definition) is 3. The van der Waals surface area contributed by atoms with Crippen molar-refractivity contribution in [3.8, 4) is 0 Å². The predicted molar refractivity (Wildman–Crippen MR) is 39.3 cm³/mol. The summed E-state index contributed by atoms with van der Waals surface area (Å²) in [5.74, 6) is -0.842. The number of hydroxylamine groups is 2. The third-order valence-electron chi connectivity index (χ3n) is 1.19. The maximum Gasteiger partial charge on any atom is 0.303 e. The van der Waals surface area contributed by atoms with Crippen molar-refractivity contribution in [1.82, 2.24) is 5.06 Å². The van der Waals surface area contributed by atoms with E-state index in [1.54, 1.807) is 0 Å².